The molecule has 0 bridgehead atoms. The summed E-state index contributed by atoms with van der Waals surface area (Å²) in [4.78, 5) is 25.1. The molecule has 1 aliphatic heterocycles. The summed E-state index contributed by atoms with van der Waals surface area (Å²) in [5.41, 5.74) is -0.350. The molecule has 0 amide bonds. The van der Waals surface area contributed by atoms with Gasteiger partial charge < -0.3 is 10.6 Å². The van der Waals surface area contributed by atoms with Crippen molar-refractivity contribution in [2.45, 2.75) is 25.9 Å². The van der Waals surface area contributed by atoms with E-state index in [2.05, 4.69) is 15.6 Å². The molecule has 0 aliphatic carbocycles. The molecule has 0 aromatic carbocycles. The molecule has 6 heteroatoms. The number of hydrogen-bond acceptors (Lipinski definition) is 4. The topological polar surface area (TPSA) is 78.9 Å². The summed E-state index contributed by atoms with van der Waals surface area (Å²) in [5, 5.41) is 6.22. The SMILES string of the molecule is CC1Nc2c(n(C)c(=O)[nH]c2=O)NC1C. The minimum atomic E-state index is -0.408. The fourth-order valence-electron chi connectivity index (χ4n) is 1.62. The van der Waals surface area contributed by atoms with E-state index in [9.17, 15) is 9.59 Å². The number of anilines is 2. The highest BCUT2D eigenvalue weighted by molar-refractivity contribution is 5.66. The molecule has 2 atom stereocenters. The molecular weight excluding hydrogens is 196 g/mol. The van der Waals surface area contributed by atoms with E-state index in [1.54, 1.807) is 7.05 Å². The maximum Gasteiger partial charge on any atom is 0.329 e. The van der Waals surface area contributed by atoms with Gasteiger partial charge in [0.15, 0.2) is 0 Å². The third-order valence-electron chi connectivity index (χ3n) is 2.81. The second-order valence-corrected chi connectivity index (χ2v) is 3.91. The summed E-state index contributed by atoms with van der Waals surface area (Å²) in [5.74, 6) is 0.550. The lowest BCUT2D eigenvalue weighted by Crippen LogP contribution is -2.45. The van der Waals surface area contributed by atoms with Crippen molar-refractivity contribution in [3.8, 4) is 0 Å². The number of rotatable bonds is 0. The first-order valence-electron chi connectivity index (χ1n) is 4.87. The maximum absolute atomic E-state index is 11.5. The first-order valence-corrected chi connectivity index (χ1v) is 4.87. The highest BCUT2D eigenvalue weighted by Gasteiger charge is 2.24. The second-order valence-electron chi connectivity index (χ2n) is 3.91. The zero-order chi connectivity index (χ0) is 11.2. The Morgan fingerprint density at radius 3 is 2.40 bits per heavy atom. The summed E-state index contributed by atoms with van der Waals surface area (Å²) in [7, 11) is 1.62. The van der Waals surface area contributed by atoms with Crippen molar-refractivity contribution in [2.75, 3.05) is 10.6 Å². The number of aromatic nitrogens is 2. The van der Waals surface area contributed by atoms with Crippen molar-refractivity contribution in [3.05, 3.63) is 20.8 Å². The van der Waals surface area contributed by atoms with Crippen LogP contribution in [0.5, 0.6) is 0 Å². The third-order valence-corrected chi connectivity index (χ3v) is 2.81. The number of nitrogens with zero attached hydrogens (tertiary/aromatic N) is 1. The fourth-order valence-corrected chi connectivity index (χ4v) is 1.62. The molecule has 2 heterocycles. The fraction of sp³-hybridized carbons (Fsp3) is 0.556. The number of H-pyrrole nitrogens is 1. The Labute approximate surface area is 86.3 Å². The standard InChI is InChI=1S/C9H14N4O2/c1-4-5(2)11-7-6(10-4)8(14)12-9(15)13(7)3/h4-5,10-11H,1-3H3,(H,12,14,15). The number of nitrogens with one attached hydrogen (secondary N) is 3. The van der Waals surface area contributed by atoms with Crippen LogP contribution in [-0.4, -0.2) is 21.6 Å². The lowest BCUT2D eigenvalue weighted by molar-refractivity contribution is 0.638. The molecule has 6 nitrogen and oxygen atoms in total. The van der Waals surface area contributed by atoms with Gasteiger partial charge >= 0.3 is 5.69 Å². The molecular formula is C9H14N4O2. The third kappa shape index (κ3) is 1.42. The van der Waals surface area contributed by atoms with Crippen LogP contribution in [0.4, 0.5) is 11.5 Å². The Kier molecular flexibility index (Phi) is 2.06. The van der Waals surface area contributed by atoms with Crippen molar-refractivity contribution in [2.24, 2.45) is 7.05 Å². The van der Waals surface area contributed by atoms with E-state index in [1.165, 1.54) is 4.57 Å². The van der Waals surface area contributed by atoms with Gasteiger partial charge in [0.1, 0.15) is 11.5 Å². The van der Waals surface area contributed by atoms with Crippen LogP contribution in [0.1, 0.15) is 13.8 Å². The largest absolute Gasteiger partial charge is 0.373 e. The van der Waals surface area contributed by atoms with E-state index in [-0.39, 0.29) is 17.6 Å². The van der Waals surface area contributed by atoms with Crippen LogP contribution in [-0.2, 0) is 7.05 Å². The average Bonchev–Trinajstić information content (AvgIpc) is 2.18. The molecule has 15 heavy (non-hydrogen) atoms. The Balaban J connectivity index is 2.67. The Hall–Kier alpha value is -1.72. The van der Waals surface area contributed by atoms with E-state index in [1.807, 2.05) is 13.8 Å². The van der Waals surface area contributed by atoms with Gasteiger partial charge in [-0.1, -0.05) is 0 Å². The molecule has 0 saturated heterocycles. The van der Waals surface area contributed by atoms with Gasteiger partial charge in [0.25, 0.3) is 5.56 Å². The normalized spacial score (nSPS) is 23.9. The van der Waals surface area contributed by atoms with E-state index in [4.69, 9.17) is 0 Å². The summed E-state index contributed by atoms with van der Waals surface area (Å²) < 4.78 is 1.39. The van der Waals surface area contributed by atoms with Gasteiger partial charge in [-0.3, -0.25) is 14.3 Å². The number of aromatic amines is 1. The van der Waals surface area contributed by atoms with Crippen LogP contribution in [0.25, 0.3) is 0 Å². The second kappa shape index (κ2) is 3.15. The van der Waals surface area contributed by atoms with Crippen molar-refractivity contribution < 1.29 is 0 Å². The van der Waals surface area contributed by atoms with Gasteiger partial charge in [-0.15, -0.1) is 0 Å². The van der Waals surface area contributed by atoms with Crippen molar-refractivity contribution in [3.63, 3.8) is 0 Å². The maximum atomic E-state index is 11.5. The molecule has 0 fully saturated rings. The van der Waals surface area contributed by atoms with Crippen LogP contribution in [0, 0.1) is 0 Å². The predicted molar refractivity (Wildman–Crippen MR) is 58.5 cm³/mol. The molecule has 0 radical (unpaired) electrons. The van der Waals surface area contributed by atoms with Gasteiger partial charge in [0.05, 0.1) is 0 Å². The van der Waals surface area contributed by atoms with Gasteiger partial charge in [-0.05, 0) is 13.8 Å². The highest BCUT2D eigenvalue weighted by Crippen LogP contribution is 2.22. The molecule has 1 aromatic heterocycles. The first-order chi connectivity index (χ1) is 7.00. The smallest absolute Gasteiger partial charge is 0.329 e. The Morgan fingerprint density at radius 2 is 1.73 bits per heavy atom. The van der Waals surface area contributed by atoms with Gasteiger partial charge in [-0.25, -0.2) is 4.79 Å². The number of hydrogen-bond donors (Lipinski definition) is 3. The van der Waals surface area contributed by atoms with Crippen LogP contribution in [0.2, 0.25) is 0 Å². The van der Waals surface area contributed by atoms with Crippen LogP contribution in [0.15, 0.2) is 9.59 Å². The first kappa shape index (κ1) is 9.82. The monoisotopic (exact) mass is 210 g/mol. The molecule has 0 spiro atoms. The average molecular weight is 210 g/mol. The molecule has 1 aliphatic rings. The number of fused-ring (bicyclic) bond motifs is 1. The molecule has 0 saturated carbocycles. The lowest BCUT2D eigenvalue weighted by atomic mass is 10.1. The minimum Gasteiger partial charge on any atom is -0.373 e. The molecule has 1 aromatic rings. The Bertz CT molecular complexity index is 502. The summed E-state index contributed by atoms with van der Waals surface area (Å²) in [6.45, 7) is 3.97. The zero-order valence-electron chi connectivity index (χ0n) is 8.92. The van der Waals surface area contributed by atoms with E-state index in [0.29, 0.717) is 11.5 Å². The van der Waals surface area contributed by atoms with E-state index in [0.717, 1.165) is 0 Å². The van der Waals surface area contributed by atoms with Gasteiger partial charge in [0.2, 0.25) is 0 Å². The summed E-state index contributed by atoms with van der Waals surface area (Å²) in [6, 6.07) is 0.320. The van der Waals surface area contributed by atoms with Crippen LogP contribution >= 0.6 is 0 Å². The van der Waals surface area contributed by atoms with Crippen LogP contribution < -0.4 is 21.9 Å². The predicted octanol–water partition coefficient (Wildman–Crippen LogP) is -0.312. The molecule has 2 unspecified atom stereocenters. The summed E-state index contributed by atoms with van der Waals surface area (Å²) >= 11 is 0. The van der Waals surface area contributed by atoms with Crippen molar-refractivity contribution in [1.82, 2.24) is 9.55 Å². The van der Waals surface area contributed by atoms with Crippen molar-refractivity contribution >= 4 is 11.5 Å². The van der Waals surface area contributed by atoms with E-state index < -0.39 is 5.69 Å². The molecule has 3 N–H and O–H groups in total. The molecule has 2 rings (SSSR count). The molecule has 82 valence electrons. The van der Waals surface area contributed by atoms with Gasteiger partial charge in [0, 0.05) is 19.1 Å². The van der Waals surface area contributed by atoms with Crippen LogP contribution in [0.3, 0.4) is 0 Å². The van der Waals surface area contributed by atoms with Crippen molar-refractivity contribution in [1.29, 1.82) is 0 Å². The van der Waals surface area contributed by atoms with E-state index >= 15 is 0 Å². The zero-order valence-corrected chi connectivity index (χ0v) is 8.92. The Morgan fingerprint density at radius 1 is 1.13 bits per heavy atom. The lowest BCUT2D eigenvalue weighted by Gasteiger charge is -2.31. The van der Waals surface area contributed by atoms with Gasteiger partial charge in [-0.2, -0.15) is 0 Å². The quantitative estimate of drug-likeness (QED) is 0.548. The minimum absolute atomic E-state index is 0.149. The highest BCUT2D eigenvalue weighted by atomic mass is 16.2. The summed E-state index contributed by atoms with van der Waals surface area (Å²) in [6.07, 6.45) is 0.